The highest BCUT2D eigenvalue weighted by Gasteiger charge is 2.52. The summed E-state index contributed by atoms with van der Waals surface area (Å²) < 4.78 is 31.7. The number of nitrogens with zero attached hydrogens (tertiary/aromatic N) is 1. The number of ether oxygens (including phenoxy) is 1. The first-order valence-corrected chi connectivity index (χ1v) is 9.18. The number of hydrogen-bond acceptors (Lipinski definition) is 4. The van der Waals surface area contributed by atoms with Gasteiger partial charge in [-0.05, 0) is 37.3 Å². The fraction of sp³-hybridized carbons (Fsp3) is 0.647. The molecule has 0 aromatic rings. The summed E-state index contributed by atoms with van der Waals surface area (Å²) in [7, 11) is 1.33. The highest BCUT2D eigenvalue weighted by Crippen LogP contribution is 2.35. The minimum Gasteiger partial charge on any atom is -0.466 e. The zero-order chi connectivity index (χ0) is 18.3. The number of hydrogen-bond donors (Lipinski definition) is 0. The molecular formula is C17H25F2NO3S. The highest BCUT2D eigenvalue weighted by molar-refractivity contribution is 8.02. The van der Waals surface area contributed by atoms with Gasteiger partial charge in [-0.2, -0.15) is 8.78 Å². The molecule has 1 aliphatic heterocycles. The first kappa shape index (κ1) is 20.7. The van der Waals surface area contributed by atoms with Crippen molar-refractivity contribution < 1.29 is 23.1 Å². The summed E-state index contributed by atoms with van der Waals surface area (Å²) in [5.74, 6) is -4.66. The number of methoxy groups -OCH3 is 1. The molecule has 136 valence electrons. The molecule has 1 heterocycles. The van der Waals surface area contributed by atoms with E-state index in [2.05, 4.69) is 4.74 Å². The maximum atomic E-state index is 13.5. The van der Waals surface area contributed by atoms with E-state index >= 15 is 0 Å². The normalized spacial score (nSPS) is 21.3. The molecular weight excluding hydrogens is 336 g/mol. The number of alkyl halides is 2. The topological polar surface area (TPSA) is 46.6 Å². The van der Waals surface area contributed by atoms with Crippen molar-refractivity contribution in [1.82, 2.24) is 4.90 Å². The fourth-order valence-electron chi connectivity index (χ4n) is 2.64. The van der Waals surface area contributed by atoms with Crippen molar-refractivity contribution in [3.63, 3.8) is 0 Å². The number of allylic oxidation sites excluding steroid dienone is 3. The Kier molecular flexibility index (Phi) is 7.93. The van der Waals surface area contributed by atoms with Crippen LogP contribution < -0.4 is 0 Å². The van der Waals surface area contributed by atoms with Crippen molar-refractivity contribution in [3.05, 3.63) is 22.6 Å². The van der Waals surface area contributed by atoms with Crippen LogP contribution in [0.2, 0.25) is 0 Å². The lowest BCUT2D eigenvalue weighted by Gasteiger charge is -2.23. The van der Waals surface area contributed by atoms with Crippen molar-refractivity contribution in [2.24, 2.45) is 0 Å². The maximum absolute atomic E-state index is 13.5. The van der Waals surface area contributed by atoms with E-state index in [1.807, 2.05) is 19.3 Å². The molecule has 1 rings (SSSR count). The molecule has 1 atom stereocenters. The van der Waals surface area contributed by atoms with Crippen molar-refractivity contribution in [1.29, 1.82) is 0 Å². The molecule has 7 heteroatoms. The van der Waals surface area contributed by atoms with Crippen molar-refractivity contribution >= 4 is 23.6 Å². The molecule has 0 aromatic carbocycles. The zero-order valence-corrected chi connectivity index (χ0v) is 15.4. The lowest BCUT2D eigenvalue weighted by Crippen LogP contribution is -2.37. The van der Waals surface area contributed by atoms with Gasteiger partial charge in [-0.15, -0.1) is 11.8 Å². The standard InChI is InChI=1S/C17H25F2NO3S/c1-5-13-11-17(18,19)16(22)20(13)10-6-7-14(24-4)9-8-12(2)15(21)23-3/h8-9,13H,5-7,10-11H2,1-4H3/b12-8+,14-9-. The SMILES string of the molecule is CCC1CC(F)(F)C(=O)N1CCC/C(=C/C=C(\C)C(=O)OC)SC. The van der Waals surface area contributed by atoms with E-state index in [0.717, 1.165) is 4.91 Å². The van der Waals surface area contributed by atoms with Gasteiger partial charge < -0.3 is 9.64 Å². The van der Waals surface area contributed by atoms with Crippen LogP contribution in [0, 0.1) is 0 Å². The molecule has 1 aliphatic rings. The lowest BCUT2D eigenvalue weighted by atomic mass is 10.1. The quantitative estimate of drug-likeness (QED) is 0.375. The summed E-state index contributed by atoms with van der Waals surface area (Å²) in [6.07, 6.45) is 6.85. The van der Waals surface area contributed by atoms with Crippen LogP contribution in [0.1, 0.15) is 39.5 Å². The largest absolute Gasteiger partial charge is 0.466 e. The van der Waals surface area contributed by atoms with Gasteiger partial charge in [0, 0.05) is 24.6 Å². The second-order valence-corrected chi connectivity index (χ2v) is 6.68. The number of rotatable bonds is 8. The van der Waals surface area contributed by atoms with Crippen LogP contribution in [0.4, 0.5) is 8.78 Å². The fourth-order valence-corrected chi connectivity index (χ4v) is 3.19. The Morgan fingerprint density at radius 2 is 2.12 bits per heavy atom. The van der Waals surface area contributed by atoms with E-state index < -0.39 is 11.8 Å². The van der Waals surface area contributed by atoms with Crippen molar-refractivity contribution in [2.45, 2.75) is 51.5 Å². The second-order valence-electron chi connectivity index (χ2n) is 5.75. The zero-order valence-electron chi connectivity index (χ0n) is 14.6. The number of esters is 1. The van der Waals surface area contributed by atoms with E-state index in [9.17, 15) is 18.4 Å². The van der Waals surface area contributed by atoms with Crippen LogP contribution in [0.15, 0.2) is 22.6 Å². The van der Waals surface area contributed by atoms with Gasteiger partial charge >= 0.3 is 11.9 Å². The lowest BCUT2D eigenvalue weighted by molar-refractivity contribution is -0.148. The van der Waals surface area contributed by atoms with Crippen LogP contribution in [-0.4, -0.2) is 48.7 Å². The molecule has 0 saturated carbocycles. The summed E-state index contributed by atoms with van der Waals surface area (Å²) in [5.41, 5.74) is 0.490. The van der Waals surface area contributed by atoms with Crippen LogP contribution in [0.3, 0.4) is 0 Å². The molecule has 4 nitrogen and oxygen atoms in total. The predicted molar refractivity (Wildman–Crippen MR) is 92.0 cm³/mol. The van der Waals surface area contributed by atoms with Gasteiger partial charge in [-0.1, -0.05) is 19.1 Å². The van der Waals surface area contributed by atoms with E-state index in [-0.39, 0.29) is 18.4 Å². The van der Waals surface area contributed by atoms with Gasteiger partial charge in [0.05, 0.1) is 7.11 Å². The third-order valence-electron chi connectivity index (χ3n) is 4.09. The van der Waals surface area contributed by atoms with Crippen LogP contribution >= 0.6 is 11.8 Å². The highest BCUT2D eigenvalue weighted by atomic mass is 32.2. The molecule has 1 unspecified atom stereocenters. The minimum atomic E-state index is -3.22. The number of halogens is 2. The summed E-state index contributed by atoms with van der Waals surface area (Å²) in [6.45, 7) is 3.81. The molecule has 1 saturated heterocycles. The number of carbonyl (C=O) groups excluding carboxylic acids is 2. The van der Waals surface area contributed by atoms with E-state index in [1.165, 1.54) is 23.8 Å². The van der Waals surface area contributed by atoms with Crippen LogP contribution in [0.5, 0.6) is 0 Å². The first-order valence-electron chi connectivity index (χ1n) is 7.95. The molecule has 24 heavy (non-hydrogen) atoms. The summed E-state index contributed by atoms with van der Waals surface area (Å²) in [5, 5.41) is 0. The first-order chi connectivity index (χ1) is 11.3. The summed E-state index contributed by atoms with van der Waals surface area (Å²) in [4.78, 5) is 25.4. The smallest absolute Gasteiger partial charge is 0.333 e. The molecule has 0 aromatic heterocycles. The predicted octanol–water partition coefficient (Wildman–Crippen LogP) is 3.78. The average molecular weight is 361 g/mol. The Morgan fingerprint density at radius 1 is 1.46 bits per heavy atom. The Labute approximate surface area is 146 Å². The van der Waals surface area contributed by atoms with Gasteiger partial charge in [0.25, 0.3) is 5.91 Å². The van der Waals surface area contributed by atoms with E-state index in [0.29, 0.717) is 31.4 Å². The third-order valence-corrected chi connectivity index (χ3v) is 4.95. The minimum absolute atomic E-state index is 0.324. The second kappa shape index (κ2) is 9.20. The van der Waals surface area contributed by atoms with Crippen LogP contribution in [-0.2, 0) is 14.3 Å². The van der Waals surface area contributed by atoms with Crippen LogP contribution in [0.25, 0.3) is 0 Å². The summed E-state index contributed by atoms with van der Waals surface area (Å²) in [6, 6.07) is -0.379. The van der Waals surface area contributed by atoms with E-state index in [4.69, 9.17) is 0 Å². The molecule has 1 fully saturated rings. The Hall–Kier alpha value is -1.37. The monoisotopic (exact) mass is 361 g/mol. The molecule has 0 radical (unpaired) electrons. The number of amides is 1. The van der Waals surface area contributed by atoms with Gasteiger partial charge in [-0.3, -0.25) is 4.79 Å². The number of likely N-dealkylation sites (tertiary alicyclic amines) is 1. The molecule has 0 bridgehead atoms. The van der Waals surface area contributed by atoms with Crippen molar-refractivity contribution in [2.75, 3.05) is 19.9 Å². The van der Waals surface area contributed by atoms with Gasteiger partial charge in [0.2, 0.25) is 0 Å². The Bertz CT molecular complexity index is 532. The maximum Gasteiger partial charge on any atom is 0.333 e. The molecule has 0 aliphatic carbocycles. The average Bonchev–Trinajstić information content (AvgIpc) is 2.79. The summed E-state index contributed by atoms with van der Waals surface area (Å²) >= 11 is 1.53. The van der Waals surface area contributed by atoms with Crippen molar-refractivity contribution in [3.8, 4) is 0 Å². The van der Waals surface area contributed by atoms with Gasteiger partial charge in [0.1, 0.15) is 0 Å². The Morgan fingerprint density at radius 3 is 2.67 bits per heavy atom. The molecule has 0 spiro atoms. The molecule has 0 N–H and O–H groups in total. The van der Waals surface area contributed by atoms with Gasteiger partial charge in [-0.25, -0.2) is 4.79 Å². The molecule has 1 amide bonds. The Balaban J connectivity index is 2.61. The third kappa shape index (κ3) is 5.33. The number of carbonyl (C=O) groups is 2. The number of thioether (sulfide) groups is 1. The van der Waals surface area contributed by atoms with Gasteiger partial charge in [0.15, 0.2) is 0 Å². The van der Waals surface area contributed by atoms with E-state index in [1.54, 1.807) is 13.0 Å².